The number of benzene rings is 1. The third-order valence-electron chi connectivity index (χ3n) is 2.79. The molecule has 1 aromatic rings. The first-order chi connectivity index (χ1) is 9.43. The van der Waals surface area contributed by atoms with Crippen LogP contribution in [0.25, 0.3) is 6.08 Å². The molecule has 0 aliphatic carbocycles. The predicted molar refractivity (Wildman–Crippen MR) is 87.2 cm³/mol. The highest BCUT2D eigenvalue weighted by Gasteiger charge is 2.30. The summed E-state index contributed by atoms with van der Waals surface area (Å²) in [6.07, 6.45) is 1.54. The lowest BCUT2D eigenvalue weighted by Gasteiger charge is -2.25. The van der Waals surface area contributed by atoms with Crippen LogP contribution in [0.2, 0.25) is 0 Å². The van der Waals surface area contributed by atoms with Crippen molar-refractivity contribution in [1.29, 1.82) is 0 Å². The Morgan fingerprint density at radius 3 is 2.70 bits per heavy atom. The molecule has 5 nitrogen and oxygen atoms in total. The van der Waals surface area contributed by atoms with Gasteiger partial charge in [0.2, 0.25) is 0 Å². The number of ether oxygens (including phenoxy) is 1. The molecule has 2 amide bonds. The van der Waals surface area contributed by atoms with Gasteiger partial charge < -0.3 is 4.74 Å². The molecule has 1 saturated heterocycles. The molecule has 1 aliphatic rings. The molecule has 0 spiro atoms. The largest absolute Gasteiger partial charge is 0.496 e. The van der Waals surface area contributed by atoms with E-state index in [0.717, 1.165) is 14.9 Å². The number of amides is 2. The second-order valence-corrected chi connectivity index (χ2v) is 5.62. The third-order valence-corrected chi connectivity index (χ3v) is 4.01. The van der Waals surface area contributed by atoms with Gasteiger partial charge in [0, 0.05) is 7.05 Å². The van der Waals surface area contributed by atoms with Gasteiger partial charge in [0.05, 0.1) is 10.7 Å². The topological polar surface area (TPSA) is 58.6 Å². The molecule has 104 valence electrons. The average molecular weight is 402 g/mol. The Morgan fingerprint density at radius 1 is 1.40 bits per heavy atom. The fourth-order valence-corrected chi connectivity index (χ4v) is 2.62. The molecule has 7 heteroatoms. The highest BCUT2D eigenvalue weighted by Crippen LogP contribution is 2.23. The molecule has 1 fully saturated rings. The first kappa shape index (κ1) is 14.9. The Balaban J connectivity index is 2.39. The number of methoxy groups -OCH3 is 1. The molecular formula is C13H11IN2O3S. The van der Waals surface area contributed by atoms with Crippen LogP contribution in [0.1, 0.15) is 5.56 Å². The van der Waals surface area contributed by atoms with Crippen LogP contribution in [-0.4, -0.2) is 36.0 Å². The number of likely N-dealkylation sites (N-methyl/N-ethyl adjacent to an activating group) is 1. The molecule has 1 N–H and O–H groups in total. The summed E-state index contributed by atoms with van der Waals surface area (Å²) in [4.78, 5) is 25.1. The van der Waals surface area contributed by atoms with Gasteiger partial charge in [-0.05, 0) is 58.6 Å². The van der Waals surface area contributed by atoms with E-state index >= 15 is 0 Å². The predicted octanol–water partition coefficient (Wildman–Crippen LogP) is 1.56. The van der Waals surface area contributed by atoms with E-state index in [2.05, 4.69) is 27.9 Å². The maximum Gasteiger partial charge on any atom is 0.265 e. The van der Waals surface area contributed by atoms with E-state index in [0.29, 0.717) is 0 Å². The van der Waals surface area contributed by atoms with E-state index in [1.165, 1.54) is 18.0 Å². The monoisotopic (exact) mass is 402 g/mol. The Kier molecular flexibility index (Phi) is 4.39. The number of nitrogens with zero attached hydrogens (tertiary/aromatic N) is 1. The quantitative estimate of drug-likeness (QED) is 0.353. The minimum atomic E-state index is -0.482. The van der Waals surface area contributed by atoms with E-state index in [4.69, 9.17) is 17.0 Å². The van der Waals surface area contributed by atoms with Gasteiger partial charge >= 0.3 is 0 Å². The summed E-state index contributed by atoms with van der Waals surface area (Å²) in [5, 5.41) is 2.58. The van der Waals surface area contributed by atoms with Crippen molar-refractivity contribution in [2.45, 2.75) is 0 Å². The maximum absolute atomic E-state index is 12.0. The SMILES string of the molecule is COc1ccc(C=C2C(=O)NC(=S)N(C)C2=O)cc1I. The summed E-state index contributed by atoms with van der Waals surface area (Å²) < 4.78 is 6.06. The number of thiocarbonyl (C=S) groups is 1. The average Bonchev–Trinajstić information content (AvgIpc) is 2.41. The second kappa shape index (κ2) is 5.88. The molecular weight excluding hydrogens is 391 g/mol. The Labute approximate surface area is 135 Å². The van der Waals surface area contributed by atoms with Gasteiger partial charge in [-0.15, -0.1) is 0 Å². The molecule has 1 aliphatic heterocycles. The van der Waals surface area contributed by atoms with E-state index in [1.54, 1.807) is 19.2 Å². The molecule has 2 rings (SSSR count). The molecule has 0 bridgehead atoms. The maximum atomic E-state index is 12.0. The van der Waals surface area contributed by atoms with Crippen molar-refractivity contribution < 1.29 is 14.3 Å². The van der Waals surface area contributed by atoms with Crippen molar-refractivity contribution >= 4 is 57.8 Å². The van der Waals surface area contributed by atoms with Crippen molar-refractivity contribution in [3.63, 3.8) is 0 Å². The molecule has 0 aromatic heterocycles. The van der Waals surface area contributed by atoms with Gasteiger partial charge in [0.1, 0.15) is 11.3 Å². The Hall–Kier alpha value is -1.48. The number of carbonyl (C=O) groups excluding carboxylic acids is 2. The first-order valence-electron chi connectivity index (χ1n) is 5.62. The first-order valence-corrected chi connectivity index (χ1v) is 7.11. The van der Waals surface area contributed by atoms with Gasteiger partial charge in [-0.1, -0.05) is 6.07 Å². The van der Waals surface area contributed by atoms with Crippen LogP contribution < -0.4 is 10.1 Å². The number of hydrogen-bond acceptors (Lipinski definition) is 4. The number of halogens is 1. The van der Waals surface area contributed by atoms with Crippen LogP contribution >= 0.6 is 34.8 Å². The highest BCUT2D eigenvalue weighted by atomic mass is 127. The second-order valence-electron chi connectivity index (χ2n) is 4.08. The number of nitrogens with one attached hydrogen (secondary N) is 1. The van der Waals surface area contributed by atoms with E-state index < -0.39 is 11.8 Å². The third kappa shape index (κ3) is 2.83. The van der Waals surface area contributed by atoms with Gasteiger partial charge in [0.25, 0.3) is 11.8 Å². The molecule has 1 heterocycles. The zero-order valence-corrected chi connectivity index (χ0v) is 13.7. The lowest BCUT2D eigenvalue weighted by molar-refractivity contribution is -0.128. The summed E-state index contributed by atoms with van der Waals surface area (Å²) in [6, 6.07) is 5.40. The van der Waals surface area contributed by atoms with Gasteiger partial charge in [-0.25, -0.2) is 0 Å². The van der Waals surface area contributed by atoms with Crippen molar-refractivity contribution in [2.24, 2.45) is 0 Å². The van der Waals surface area contributed by atoms with Crippen LogP contribution in [0.5, 0.6) is 5.75 Å². The van der Waals surface area contributed by atoms with Crippen LogP contribution in [0.15, 0.2) is 23.8 Å². The van der Waals surface area contributed by atoms with Gasteiger partial charge in [-0.2, -0.15) is 0 Å². The number of rotatable bonds is 2. The van der Waals surface area contributed by atoms with Crippen molar-refractivity contribution in [3.05, 3.63) is 32.9 Å². The molecule has 20 heavy (non-hydrogen) atoms. The molecule has 0 radical (unpaired) electrons. The summed E-state index contributed by atoms with van der Waals surface area (Å²) in [5.74, 6) is -0.154. The van der Waals surface area contributed by atoms with Gasteiger partial charge in [0.15, 0.2) is 5.11 Å². The van der Waals surface area contributed by atoms with Gasteiger partial charge in [-0.3, -0.25) is 19.8 Å². The van der Waals surface area contributed by atoms with Crippen molar-refractivity contribution in [2.75, 3.05) is 14.2 Å². The van der Waals surface area contributed by atoms with Crippen LogP contribution in [0, 0.1) is 3.57 Å². The standard InChI is InChI=1S/C13H11IN2O3S/c1-16-12(18)8(11(17)15-13(16)20)5-7-3-4-10(19-2)9(14)6-7/h3-6H,1-2H3,(H,15,17,20). The van der Waals surface area contributed by atoms with Crippen LogP contribution in [0.4, 0.5) is 0 Å². The summed E-state index contributed by atoms with van der Waals surface area (Å²) in [7, 11) is 3.11. The summed E-state index contributed by atoms with van der Waals surface area (Å²) >= 11 is 7.01. The summed E-state index contributed by atoms with van der Waals surface area (Å²) in [5.41, 5.74) is 0.803. The Bertz CT molecular complexity index is 643. The fourth-order valence-electron chi connectivity index (χ4n) is 1.68. The normalized spacial score (nSPS) is 17.4. The minimum Gasteiger partial charge on any atom is -0.496 e. The van der Waals surface area contributed by atoms with E-state index in [1.807, 2.05) is 6.07 Å². The minimum absolute atomic E-state index is 0.0575. The molecule has 0 unspecified atom stereocenters. The lowest BCUT2D eigenvalue weighted by Crippen LogP contribution is -2.52. The van der Waals surface area contributed by atoms with Crippen LogP contribution in [0.3, 0.4) is 0 Å². The van der Waals surface area contributed by atoms with Crippen molar-refractivity contribution in [3.8, 4) is 5.75 Å². The van der Waals surface area contributed by atoms with E-state index in [9.17, 15) is 9.59 Å². The highest BCUT2D eigenvalue weighted by molar-refractivity contribution is 14.1. The molecule has 0 saturated carbocycles. The fraction of sp³-hybridized carbons (Fsp3) is 0.154. The lowest BCUT2D eigenvalue weighted by atomic mass is 10.1. The van der Waals surface area contributed by atoms with Crippen molar-refractivity contribution in [1.82, 2.24) is 10.2 Å². The molecule has 1 aromatic carbocycles. The Morgan fingerprint density at radius 2 is 2.10 bits per heavy atom. The number of carbonyl (C=O) groups is 2. The molecule has 0 atom stereocenters. The van der Waals surface area contributed by atoms with Crippen LogP contribution in [-0.2, 0) is 9.59 Å². The smallest absolute Gasteiger partial charge is 0.265 e. The zero-order valence-electron chi connectivity index (χ0n) is 10.8. The summed E-state index contributed by atoms with van der Waals surface area (Å²) in [6.45, 7) is 0. The number of hydrogen-bond donors (Lipinski definition) is 1. The zero-order chi connectivity index (χ0) is 14.9. The van der Waals surface area contributed by atoms with E-state index in [-0.39, 0.29) is 10.7 Å².